The van der Waals surface area contributed by atoms with E-state index in [1.54, 1.807) is 0 Å². The van der Waals surface area contributed by atoms with Crippen LogP contribution in [0.25, 0.3) is 0 Å². The van der Waals surface area contributed by atoms with Gasteiger partial charge < -0.3 is 0 Å². The van der Waals surface area contributed by atoms with Crippen molar-refractivity contribution in [2.24, 2.45) is 0 Å². The van der Waals surface area contributed by atoms with Crippen molar-refractivity contribution in [3.63, 3.8) is 0 Å². The first-order chi connectivity index (χ1) is 9.91. The van der Waals surface area contributed by atoms with Crippen LogP contribution in [0.2, 0.25) is 4.34 Å². The highest BCUT2D eigenvalue weighted by Gasteiger charge is 2.12. The highest BCUT2D eigenvalue weighted by atomic mass is 79.9. The molecule has 0 bridgehead atoms. The van der Waals surface area contributed by atoms with Gasteiger partial charge in [-0.1, -0.05) is 11.6 Å². The minimum atomic E-state index is -3.83. The van der Waals surface area contributed by atoms with E-state index in [-0.39, 0.29) is 13.6 Å². The lowest BCUT2D eigenvalue weighted by molar-refractivity contribution is 0.600. The Bertz CT molecular complexity index is 881. The summed E-state index contributed by atoms with van der Waals surface area (Å²) < 4.78 is 55.9. The second-order valence-electron chi connectivity index (χ2n) is 3.51. The molecule has 1 heterocycles. The molecule has 1 aromatic carbocycles. The fourth-order valence-corrected chi connectivity index (χ4v) is 4.32. The Morgan fingerprint density at radius 2 is 1.59 bits per heavy atom. The molecule has 0 aliphatic carbocycles. The Labute approximate surface area is 152 Å². The van der Waals surface area contributed by atoms with E-state index in [1.165, 1.54) is 24.3 Å². The first kappa shape index (κ1) is 20.1. The molecule has 0 aliphatic rings. The zero-order valence-electron chi connectivity index (χ0n) is 10.1. The molecule has 0 saturated carbocycles. The van der Waals surface area contributed by atoms with Gasteiger partial charge in [-0.2, -0.15) is 0 Å². The summed E-state index contributed by atoms with van der Waals surface area (Å²) in [6, 6.07) is 6.21. The Morgan fingerprint density at radius 3 is 1.91 bits per heavy atom. The van der Waals surface area contributed by atoms with Crippen LogP contribution in [0.1, 0.15) is 0 Å². The molecule has 0 spiro atoms. The lowest BCUT2D eigenvalue weighted by atomic mass is 10.3. The van der Waals surface area contributed by atoms with Crippen molar-refractivity contribution in [1.82, 2.24) is 0 Å². The van der Waals surface area contributed by atoms with Gasteiger partial charge in [0, 0.05) is 21.4 Å². The van der Waals surface area contributed by atoms with Gasteiger partial charge >= 0.3 is 0 Å². The Morgan fingerprint density at radius 1 is 1.00 bits per heavy atom. The van der Waals surface area contributed by atoms with Crippen LogP contribution in [0.5, 0.6) is 0 Å². The fraction of sp³-hybridized carbons (Fsp3) is 0. The standard InChI is InChI=1S/C6H3BrClFO2S.C4H2Cl2O2S2/c7-5-2-1-4(3-6(5)9)12(8,10)11;5-3-1-2-4(9-3)10(6,7)8/h1-3H;1-2H. The Kier molecular flexibility index (Phi) is 7.12. The molecule has 0 aliphatic heterocycles. The largest absolute Gasteiger partial charge is 0.270 e. The predicted octanol–water partition coefficient (Wildman–Crippen LogP) is 4.84. The van der Waals surface area contributed by atoms with Crippen molar-refractivity contribution in [2.75, 3.05) is 0 Å². The topological polar surface area (TPSA) is 68.3 Å². The average Bonchev–Trinajstić information content (AvgIpc) is 2.79. The summed E-state index contributed by atoms with van der Waals surface area (Å²) in [4.78, 5) is -0.245. The SMILES string of the molecule is O=S(=O)(Cl)c1ccc(Br)c(F)c1.O=S(=O)(Cl)c1ccc(Cl)s1. The van der Waals surface area contributed by atoms with E-state index < -0.39 is 23.9 Å². The lowest BCUT2D eigenvalue weighted by Crippen LogP contribution is -1.91. The van der Waals surface area contributed by atoms with Crippen molar-refractivity contribution in [2.45, 2.75) is 9.10 Å². The van der Waals surface area contributed by atoms with Crippen molar-refractivity contribution in [3.8, 4) is 0 Å². The van der Waals surface area contributed by atoms with Crippen molar-refractivity contribution in [1.29, 1.82) is 0 Å². The molecule has 122 valence electrons. The van der Waals surface area contributed by atoms with Crippen LogP contribution in [-0.2, 0) is 18.1 Å². The highest BCUT2D eigenvalue weighted by Crippen LogP contribution is 2.27. The van der Waals surface area contributed by atoms with Gasteiger partial charge in [-0.3, -0.25) is 0 Å². The molecule has 1 aromatic heterocycles. The summed E-state index contributed by atoms with van der Waals surface area (Å²) in [5.74, 6) is -0.656. The predicted molar refractivity (Wildman–Crippen MR) is 89.5 cm³/mol. The lowest BCUT2D eigenvalue weighted by Gasteiger charge is -1.96. The Balaban J connectivity index is 0.000000224. The molecule has 12 heteroatoms. The summed E-state index contributed by atoms with van der Waals surface area (Å²) >= 11 is 9.29. The van der Waals surface area contributed by atoms with Gasteiger partial charge in [0.15, 0.2) is 0 Å². The number of halogens is 5. The summed E-state index contributed by atoms with van der Waals surface area (Å²) in [6.07, 6.45) is 0. The van der Waals surface area contributed by atoms with E-state index in [0.29, 0.717) is 4.34 Å². The van der Waals surface area contributed by atoms with Crippen LogP contribution in [0.4, 0.5) is 4.39 Å². The molecule has 2 aromatic rings. The molecular weight excluding hydrogens is 486 g/mol. The quantitative estimate of drug-likeness (QED) is 0.565. The molecule has 0 fully saturated rings. The molecule has 0 unspecified atom stereocenters. The van der Waals surface area contributed by atoms with Gasteiger partial charge in [-0.15, -0.1) is 11.3 Å². The molecule has 0 amide bonds. The maximum atomic E-state index is 12.7. The van der Waals surface area contributed by atoms with Crippen molar-refractivity contribution in [3.05, 3.63) is 45.0 Å². The first-order valence-electron chi connectivity index (χ1n) is 5.01. The normalized spacial score (nSPS) is 11.7. The van der Waals surface area contributed by atoms with E-state index >= 15 is 0 Å². The van der Waals surface area contributed by atoms with Gasteiger partial charge in [-0.05, 0) is 46.3 Å². The number of hydrogen-bond donors (Lipinski definition) is 0. The van der Waals surface area contributed by atoms with Crippen LogP contribution in [0.15, 0.2) is 43.9 Å². The van der Waals surface area contributed by atoms with E-state index in [9.17, 15) is 21.2 Å². The van der Waals surface area contributed by atoms with E-state index in [2.05, 4.69) is 15.9 Å². The smallest absolute Gasteiger partial charge is 0.207 e. The van der Waals surface area contributed by atoms with Crippen LogP contribution in [0, 0.1) is 5.82 Å². The van der Waals surface area contributed by atoms with Crippen molar-refractivity contribution < 1.29 is 21.2 Å². The molecule has 0 radical (unpaired) electrons. The summed E-state index contributed by atoms with van der Waals surface area (Å²) in [5.41, 5.74) is 0. The molecule has 0 N–H and O–H groups in total. The average molecular weight is 491 g/mol. The molecule has 2 rings (SSSR count). The third-order valence-corrected chi connectivity index (χ3v) is 7.28. The second-order valence-corrected chi connectivity index (χ2v) is 11.4. The van der Waals surface area contributed by atoms with Crippen LogP contribution in [0.3, 0.4) is 0 Å². The maximum absolute atomic E-state index is 12.7. The minimum Gasteiger partial charge on any atom is -0.207 e. The number of rotatable bonds is 2. The van der Waals surface area contributed by atoms with Gasteiger partial charge in [0.05, 0.1) is 13.7 Å². The zero-order valence-corrected chi connectivity index (χ0v) is 16.4. The number of thiophene rings is 1. The second kappa shape index (κ2) is 7.78. The third-order valence-electron chi connectivity index (χ3n) is 1.96. The molecule has 22 heavy (non-hydrogen) atoms. The molecule has 4 nitrogen and oxygen atoms in total. The van der Waals surface area contributed by atoms with Crippen molar-refractivity contribution >= 4 is 78.3 Å². The van der Waals surface area contributed by atoms with Gasteiger partial charge in [0.1, 0.15) is 10.0 Å². The first-order valence-corrected chi connectivity index (χ1v) is 11.6. The highest BCUT2D eigenvalue weighted by molar-refractivity contribution is 9.10. The van der Waals surface area contributed by atoms with E-state index in [1.807, 2.05) is 0 Å². The zero-order chi connectivity index (χ0) is 17.1. The summed E-state index contributed by atoms with van der Waals surface area (Å²) in [6.45, 7) is 0. The molecule has 0 saturated heterocycles. The van der Waals surface area contributed by atoms with E-state index in [4.69, 9.17) is 33.0 Å². The van der Waals surface area contributed by atoms with Gasteiger partial charge in [0.25, 0.3) is 18.1 Å². The van der Waals surface area contributed by atoms with E-state index in [0.717, 1.165) is 17.4 Å². The van der Waals surface area contributed by atoms with Crippen LogP contribution < -0.4 is 0 Å². The minimum absolute atomic E-state index is 0.0826. The van der Waals surface area contributed by atoms with Crippen LogP contribution in [-0.4, -0.2) is 16.8 Å². The van der Waals surface area contributed by atoms with Gasteiger partial charge in [0.2, 0.25) is 0 Å². The number of hydrogen-bond acceptors (Lipinski definition) is 5. The fourth-order valence-electron chi connectivity index (χ4n) is 1.06. The van der Waals surface area contributed by atoms with Crippen LogP contribution >= 0.6 is 60.2 Å². The Hall–Kier alpha value is 0.1000. The molecular formula is C10H5BrCl3FO4S3. The maximum Gasteiger partial charge on any atom is 0.270 e. The summed E-state index contributed by atoms with van der Waals surface area (Å²) in [5, 5.41) is 0. The number of benzene rings is 1. The monoisotopic (exact) mass is 488 g/mol. The van der Waals surface area contributed by atoms with Gasteiger partial charge in [-0.25, -0.2) is 21.2 Å². The molecule has 0 atom stereocenters. The third kappa shape index (κ3) is 6.31. The summed E-state index contributed by atoms with van der Waals surface area (Å²) in [7, 11) is 2.56.